The van der Waals surface area contributed by atoms with Crippen molar-refractivity contribution in [3.63, 3.8) is 0 Å². The molecule has 4 aliphatic heterocycles. The van der Waals surface area contributed by atoms with E-state index >= 15 is 0 Å². The number of aromatic nitrogens is 2. The molecule has 1 aromatic heterocycles. The number of nitriles is 1. The Balaban J connectivity index is 1.25. The average Bonchev–Trinajstić information content (AvgIpc) is 3.41. The molecule has 1 aromatic rings. The minimum Gasteiger partial charge on any atom is -0.463 e. The molecule has 3 saturated heterocycles. The fourth-order valence-corrected chi connectivity index (χ4v) is 5.29. The van der Waals surface area contributed by atoms with Gasteiger partial charge in [0.1, 0.15) is 5.82 Å². The molecule has 9 nitrogen and oxygen atoms in total. The van der Waals surface area contributed by atoms with Crippen LogP contribution in [0.2, 0.25) is 0 Å². The van der Waals surface area contributed by atoms with E-state index in [4.69, 9.17) is 19.4 Å². The van der Waals surface area contributed by atoms with Crippen LogP contribution in [-0.2, 0) is 17.7 Å². The van der Waals surface area contributed by atoms with Gasteiger partial charge < -0.3 is 19.7 Å². The van der Waals surface area contributed by atoms with Crippen LogP contribution in [0.25, 0.3) is 0 Å². The van der Waals surface area contributed by atoms with Crippen molar-refractivity contribution in [3.05, 3.63) is 11.3 Å². The maximum Gasteiger partial charge on any atom is 0.318 e. The first-order chi connectivity index (χ1) is 15.2. The van der Waals surface area contributed by atoms with Gasteiger partial charge in [0.25, 0.3) is 0 Å². The molecule has 5 heterocycles. The number of fused-ring (bicyclic) bond motifs is 3. The molecule has 3 fully saturated rings. The zero-order valence-electron chi connectivity index (χ0n) is 18.4. The Bertz CT molecular complexity index is 829. The van der Waals surface area contributed by atoms with Crippen LogP contribution in [0.5, 0.6) is 6.01 Å². The van der Waals surface area contributed by atoms with Gasteiger partial charge in [0, 0.05) is 56.9 Å². The standard InChI is InChI=1S/C22H33N7O2/c1-27-8-9-29(13-16(27)3-5-23)21-19-4-6-24-12-20(19)25-22(26-21)30-10-2-7-28-14-18-11-17(28)15-31-18/h16-18,24H,2-4,6-15H2,1H3/t16-,17-,18-/m0/s1. The van der Waals surface area contributed by atoms with Crippen molar-refractivity contribution < 1.29 is 9.47 Å². The SMILES string of the molecule is CN1CCN(c2nc(OCCCN3C[C@@H]4C[C@H]3CO4)nc3c2CCNC3)C[C@@H]1CC#N. The van der Waals surface area contributed by atoms with Crippen LogP contribution in [0.1, 0.15) is 30.5 Å². The fraction of sp³-hybridized carbons (Fsp3) is 0.773. The van der Waals surface area contributed by atoms with E-state index in [0.29, 0.717) is 31.2 Å². The normalized spacial score (nSPS) is 28.5. The van der Waals surface area contributed by atoms with Crippen molar-refractivity contribution in [2.45, 2.75) is 50.4 Å². The highest BCUT2D eigenvalue weighted by molar-refractivity contribution is 5.51. The Morgan fingerprint density at radius 2 is 2.23 bits per heavy atom. The van der Waals surface area contributed by atoms with E-state index in [9.17, 15) is 5.26 Å². The highest BCUT2D eigenvalue weighted by Gasteiger charge is 2.38. The summed E-state index contributed by atoms with van der Waals surface area (Å²) in [7, 11) is 2.10. The monoisotopic (exact) mass is 427 g/mol. The molecule has 0 aromatic carbocycles. The van der Waals surface area contributed by atoms with Crippen molar-refractivity contribution in [1.29, 1.82) is 5.26 Å². The molecule has 9 heteroatoms. The Kier molecular flexibility index (Phi) is 6.23. The first-order valence-corrected chi connectivity index (χ1v) is 11.6. The Hall–Kier alpha value is -1.99. The predicted molar refractivity (Wildman–Crippen MR) is 116 cm³/mol. The summed E-state index contributed by atoms with van der Waals surface area (Å²) in [6.07, 6.45) is 4.06. The molecule has 0 saturated carbocycles. The van der Waals surface area contributed by atoms with E-state index in [1.165, 1.54) is 12.0 Å². The zero-order valence-corrected chi connectivity index (χ0v) is 18.4. The molecule has 1 N–H and O–H groups in total. The summed E-state index contributed by atoms with van der Waals surface area (Å²) in [5, 5.41) is 12.6. The van der Waals surface area contributed by atoms with E-state index in [1.807, 2.05) is 0 Å². The topological polar surface area (TPSA) is 89.8 Å². The molecule has 3 atom stereocenters. The van der Waals surface area contributed by atoms with Crippen LogP contribution in [0, 0.1) is 11.3 Å². The van der Waals surface area contributed by atoms with E-state index < -0.39 is 0 Å². The Labute approximate surface area is 184 Å². The lowest BCUT2D eigenvalue weighted by molar-refractivity contribution is 0.0287. The molecule has 31 heavy (non-hydrogen) atoms. The number of likely N-dealkylation sites (N-methyl/N-ethyl adjacent to an activating group) is 1. The van der Waals surface area contributed by atoms with Gasteiger partial charge in [0.15, 0.2) is 0 Å². The summed E-state index contributed by atoms with van der Waals surface area (Å²) in [4.78, 5) is 16.7. The number of hydrogen-bond acceptors (Lipinski definition) is 9. The Morgan fingerprint density at radius 3 is 3.03 bits per heavy atom. The van der Waals surface area contributed by atoms with Crippen molar-refractivity contribution >= 4 is 5.82 Å². The quantitative estimate of drug-likeness (QED) is 0.621. The summed E-state index contributed by atoms with van der Waals surface area (Å²) < 4.78 is 11.7. The number of hydrogen-bond donors (Lipinski definition) is 1. The molecule has 0 unspecified atom stereocenters. The molecule has 2 bridgehead atoms. The van der Waals surface area contributed by atoms with Gasteiger partial charge in [-0.3, -0.25) is 9.80 Å². The number of nitrogens with one attached hydrogen (secondary N) is 1. The van der Waals surface area contributed by atoms with Gasteiger partial charge in [0.2, 0.25) is 0 Å². The van der Waals surface area contributed by atoms with Crippen LogP contribution in [-0.4, -0.2) is 97.5 Å². The Morgan fingerprint density at radius 1 is 1.29 bits per heavy atom. The number of piperazine rings is 1. The van der Waals surface area contributed by atoms with Crippen molar-refractivity contribution in [3.8, 4) is 12.1 Å². The summed E-state index contributed by atoms with van der Waals surface area (Å²) in [5.74, 6) is 1.01. The summed E-state index contributed by atoms with van der Waals surface area (Å²) in [5.41, 5.74) is 2.29. The largest absolute Gasteiger partial charge is 0.463 e. The van der Waals surface area contributed by atoms with Gasteiger partial charge in [-0.2, -0.15) is 15.2 Å². The molecule has 5 rings (SSSR count). The lowest BCUT2D eigenvalue weighted by atomic mass is 10.0. The van der Waals surface area contributed by atoms with Crippen LogP contribution < -0.4 is 15.0 Å². The second kappa shape index (κ2) is 9.25. The molecular formula is C22H33N7O2. The van der Waals surface area contributed by atoms with Crippen LogP contribution in [0.15, 0.2) is 0 Å². The number of anilines is 1. The van der Waals surface area contributed by atoms with E-state index in [2.05, 4.69) is 33.1 Å². The van der Waals surface area contributed by atoms with Gasteiger partial charge in [-0.15, -0.1) is 0 Å². The van der Waals surface area contributed by atoms with Gasteiger partial charge in [-0.1, -0.05) is 0 Å². The molecule has 168 valence electrons. The van der Waals surface area contributed by atoms with E-state index in [-0.39, 0.29) is 6.04 Å². The molecule has 0 amide bonds. The highest BCUT2D eigenvalue weighted by atomic mass is 16.5. The highest BCUT2D eigenvalue weighted by Crippen LogP contribution is 2.29. The third-order valence-electron chi connectivity index (χ3n) is 7.13. The number of likely N-dealkylation sites (tertiary alicyclic amines) is 1. The first kappa shape index (κ1) is 20.9. The minimum atomic E-state index is 0.232. The molecule has 0 aliphatic carbocycles. The molecule has 0 spiro atoms. The second-order valence-electron chi connectivity index (χ2n) is 9.17. The first-order valence-electron chi connectivity index (χ1n) is 11.6. The van der Waals surface area contributed by atoms with E-state index in [0.717, 1.165) is 76.8 Å². The summed E-state index contributed by atoms with van der Waals surface area (Å²) >= 11 is 0. The molecule has 0 radical (unpaired) electrons. The van der Waals surface area contributed by atoms with E-state index in [1.54, 1.807) is 0 Å². The zero-order chi connectivity index (χ0) is 21.2. The van der Waals surface area contributed by atoms with Crippen molar-refractivity contribution in [2.24, 2.45) is 0 Å². The molecule has 4 aliphatic rings. The maximum absolute atomic E-state index is 9.20. The third kappa shape index (κ3) is 4.48. The predicted octanol–water partition coefficient (Wildman–Crippen LogP) is 0.398. The lowest BCUT2D eigenvalue weighted by Gasteiger charge is -2.40. The van der Waals surface area contributed by atoms with Crippen LogP contribution >= 0.6 is 0 Å². The summed E-state index contributed by atoms with van der Waals surface area (Å²) in [6.45, 7) is 7.97. The van der Waals surface area contributed by atoms with Gasteiger partial charge in [-0.05, 0) is 32.9 Å². The number of ether oxygens (including phenoxy) is 2. The van der Waals surface area contributed by atoms with Crippen LogP contribution in [0.4, 0.5) is 5.82 Å². The van der Waals surface area contributed by atoms with Gasteiger partial charge in [0.05, 0.1) is 37.5 Å². The molecular weight excluding hydrogens is 394 g/mol. The van der Waals surface area contributed by atoms with Gasteiger partial charge in [-0.25, -0.2) is 0 Å². The van der Waals surface area contributed by atoms with Crippen molar-refractivity contribution in [1.82, 2.24) is 25.1 Å². The number of nitrogens with zero attached hydrogens (tertiary/aromatic N) is 6. The third-order valence-corrected chi connectivity index (χ3v) is 7.13. The number of rotatable bonds is 7. The summed E-state index contributed by atoms with van der Waals surface area (Å²) in [6, 6.07) is 3.65. The fourth-order valence-electron chi connectivity index (χ4n) is 5.29. The second-order valence-corrected chi connectivity index (χ2v) is 9.17. The smallest absolute Gasteiger partial charge is 0.318 e. The number of morpholine rings is 1. The maximum atomic E-state index is 9.20. The van der Waals surface area contributed by atoms with Gasteiger partial charge >= 0.3 is 6.01 Å². The van der Waals surface area contributed by atoms with Crippen LogP contribution in [0.3, 0.4) is 0 Å². The average molecular weight is 428 g/mol. The lowest BCUT2D eigenvalue weighted by Crippen LogP contribution is -2.52. The minimum absolute atomic E-state index is 0.232. The van der Waals surface area contributed by atoms with Crippen molar-refractivity contribution in [2.75, 3.05) is 64.4 Å².